The Morgan fingerprint density at radius 3 is 2.71 bits per heavy atom. The molecule has 98 valence electrons. The molecule has 2 N–H and O–H groups in total. The third kappa shape index (κ3) is 4.37. The highest BCUT2D eigenvalue weighted by Gasteiger charge is 2.27. The lowest BCUT2D eigenvalue weighted by Gasteiger charge is -2.38. The molecule has 0 amide bonds. The van der Waals surface area contributed by atoms with Crippen LogP contribution in [-0.2, 0) is 6.54 Å². The van der Waals surface area contributed by atoms with Gasteiger partial charge in [-0.15, -0.1) is 11.3 Å². The van der Waals surface area contributed by atoms with E-state index in [0.29, 0.717) is 6.54 Å². The van der Waals surface area contributed by atoms with Gasteiger partial charge in [-0.05, 0) is 32.7 Å². The first kappa shape index (κ1) is 14.6. The van der Waals surface area contributed by atoms with Crippen LogP contribution in [0.2, 0.25) is 0 Å². The number of hydrogen-bond acceptors (Lipinski definition) is 4. The van der Waals surface area contributed by atoms with Crippen molar-refractivity contribution in [2.75, 3.05) is 13.6 Å². The SMILES string of the molecule is CC(C)CCC(C)(CN)N(C)Cc1cscn1. The Kier molecular flexibility index (Phi) is 5.56. The van der Waals surface area contributed by atoms with Gasteiger partial charge in [-0.1, -0.05) is 13.8 Å². The predicted molar refractivity (Wildman–Crippen MR) is 75.1 cm³/mol. The molecule has 0 saturated heterocycles. The van der Waals surface area contributed by atoms with Gasteiger partial charge in [-0.3, -0.25) is 4.90 Å². The Bertz CT molecular complexity index is 310. The Hall–Kier alpha value is -0.450. The molecule has 0 bridgehead atoms. The van der Waals surface area contributed by atoms with Crippen LogP contribution < -0.4 is 5.73 Å². The average molecular weight is 255 g/mol. The third-order valence-electron chi connectivity index (χ3n) is 3.50. The maximum absolute atomic E-state index is 5.96. The second kappa shape index (κ2) is 6.47. The number of nitrogens with zero attached hydrogens (tertiary/aromatic N) is 2. The standard InChI is InChI=1S/C13H25N3S/c1-11(2)5-6-13(3,9-14)16(4)7-12-8-17-10-15-12/h8,10-11H,5-7,9,14H2,1-4H3. The minimum Gasteiger partial charge on any atom is -0.329 e. The van der Waals surface area contributed by atoms with Gasteiger partial charge in [0, 0.05) is 24.0 Å². The molecule has 4 heteroatoms. The van der Waals surface area contributed by atoms with Crippen molar-refractivity contribution in [3.8, 4) is 0 Å². The summed E-state index contributed by atoms with van der Waals surface area (Å²) >= 11 is 1.65. The van der Waals surface area contributed by atoms with Gasteiger partial charge < -0.3 is 5.73 Å². The van der Waals surface area contributed by atoms with Gasteiger partial charge in [0.2, 0.25) is 0 Å². The minimum atomic E-state index is 0.0773. The molecule has 0 spiro atoms. The first-order valence-corrected chi connectivity index (χ1v) is 7.20. The highest BCUT2D eigenvalue weighted by atomic mass is 32.1. The number of rotatable bonds is 7. The van der Waals surface area contributed by atoms with Gasteiger partial charge in [-0.2, -0.15) is 0 Å². The summed E-state index contributed by atoms with van der Waals surface area (Å²) in [5.41, 5.74) is 9.07. The van der Waals surface area contributed by atoms with Crippen LogP contribution in [0.15, 0.2) is 10.9 Å². The summed E-state index contributed by atoms with van der Waals surface area (Å²) < 4.78 is 0. The fourth-order valence-electron chi connectivity index (χ4n) is 1.80. The quantitative estimate of drug-likeness (QED) is 0.814. The van der Waals surface area contributed by atoms with E-state index in [0.717, 1.165) is 24.6 Å². The van der Waals surface area contributed by atoms with Gasteiger partial charge in [0.05, 0.1) is 11.2 Å². The predicted octanol–water partition coefficient (Wildman–Crippen LogP) is 2.73. The van der Waals surface area contributed by atoms with Crippen LogP contribution in [0, 0.1) is 5.92 Å². The topological polar surface area (TPSA) is 42.1 Å². The molecule has 1 rings (SSSR count). The van der Waals surface area contributed by atoms with E-state index in [1.54, 1.807) is 11.3 Å². The van der Waals surface area contributed by atoms with Crippen molar-refractivity contribution in [2.45, 2.75) is 45.7 Å². The number of thiazole rings is 1. The van der Waals surface area contributed by atoms with Gasteiger partial charge in [-0.25, -0.2) is 4.98 Å². The van der Waals surface area contributed by atoms with E-state index in [-0.39, 0.29) is 5.54 Å². The summed E-state index contributed by atoms with van der Waals surface area (Å²) in [4.78, 5) is 6.67. The molecule has 1 heterocycles. The highest BCUT2D eigenvalue weighted by Crippen LogP contribution is 2.23. The summed E-state index contributed by atoms with van der Waals surface area (Å²) in [6, 6.07) is 0. The number of aromatic nitrogens is 1. The lowest BCUT2D eigenvalue weighted by molar-refractivity contribution is 0.118. The largest absolute Gasteiger partial charge is 0.329 e. The second-order valence-corrected chi connectivity index (χ2v) is 6.19. The Labute approximate surface area is 109 Å². The zero-order valence-electron chi connectivity index (χ0n) is 11.4. The lowest BCUT2D eigenvalue weighted by Crippen LogP contribution is -2.49. The molecule has 0 fully saturated rings. The van der Waals surface area contributed by atoms with Crippen molar-refractivity contribution in [3.63, 3.8) is 0 Å². The molecule has 1 unspecified atom stereocenters. The fraction of sp³-hybridized carbons (Fsp3) is 0.769. The van der Waals surface area contributed by atoms with Crippen molar-refractivity contribution < 1.29 is 0 Å². The van der Waals surface area contributed by atoms with Crippen LogP contribution in [0.3, 0.4) is 0 Å². The van der Waals surface area contributed by atoms with Crippen molar-refractivity contribution in [1.82, 2.24) is 9.88 Å². The summed E-state index contributed by atoms with van der Waals surface area (Å²) in [5.74, 6) is 0.730. The molecule has 3 nitrogen and oxygen atoms in total. The smallest absolute Gasteiger partial charge is 0.0795 e. The van der Waals surface area contributed by atoms with E-state index in [1.807, 2.05) is 5.51 Å². The van der Waals surface area contributed by atoms with Crippen molar-refractivity contribution in [2.24, 2.45) is 11.7 Å². The van der Waals surface area contributed by atoms with Gasteiger partial charge in [0.25, 0.3) is 0 Å². The molecule has 0 aromatic carbocycles. The molecule has 0 aliphatic heterocycles. The van der Waals surface area contributed by atoms with Crippen LogP contribution in [0.5, 0.6) is 0 Å². The molecule has 0 radical (unpaired) electrons. The Morgan fingerprint density at radius 1 is 1.53 bits per heavy atom. The Balaban J connectivity index is 2.58. The van der Waals surface area contributed by atoms with Gasteiger partial charge in [0.1, 0.15) is 0 Å². The maximum Gasteiger partial charge on any atom is 0.0795 e. The summed E-state index contributed by atoms with van der Waals surface area (Å²) in [7, 11) is 2.15. The zero-order valence-corrected chi connectivity index (χ0v) is 12.3. The lowest BCUT2D eigenvalue weighted by atomic mass is 9.90. The summed E-state index contributed by atoms with van der Waals surface area (Å²) in [5, 5.41) is 2.11. The summed E-state index contributed by atoms with van der Waals surface area (Å²) in [6.45, 7) is 8.35. The van der Waals surface area contributed by atoms with E-state index in [2.05, 4.69) is 43.1 Å². The molecule has 17 heavy (non-hydrogen) atoms. The van der Waals surface area contributed by atoms with E-state index in [4.69, 9.17) is 5.73 Å². The van der Waals surface area contributed by atoms with E-state index >= 15 is 0 Å². The van der Waals surface area contributed by atoms with E-state index in [1.165, 1.54) is 6.42 Å². The van der Waals surface area contributed by atoms with Crippen LogP contribution in [0.4, 0.5) is 0 Å². The molecular weight excluding hydrogens is 230 g/mol. The van der Waals surface area contributed by atoms with Crippen molar-refractivity contribution in [3.05, 3.63) is 16.6 Å². The van der Waals surface area contributed by atoms with Crippen molar-refractivity contribution >= 4 is 11.3 Å². The molecule has 1 aromatic rings. The molecule has 0 saturated carbocycles. The monoisotopic (exact) mass is 255 g/mol. The number of likely N-dealkylation sites (N-methyl/N-ethyl adjacent to an activating group) is 1. The van der Waals surface area contributed by atoms with Crippen LogP contribution >= 0.6 is 11.3 Å². The summed E-state index contributed by atoms with van der Waals surface area (Å²) in [6.07, 6.45) is 2.36. The first-order valence-electron chi connectivity index (χ1n) is 6.26. The highest BCUT2D eigenvalue weighted by molar-refractivity contribution is 7.07. The number of hydrogen-bond donors (Lipinski definition) is 1. The maximum atomic E-state index is 5.96. The van der Waals surface area contributed by atoms with Crippen LogP contribution in [0.25, 0.3) is 0 Å². The first-order chi connectivity index (χ1) is 7.98. The van der Waals surface area contributed by atoms with Gasteiger partial charge >= 0.3 is 0 Å². The van der Waals surface area contributed by atoms with Crippen molar-refractivity contribution in [1.29, 1.82) is 0 Å². The molecule has 1 aromatic heterocycles. The molecule has 0 aliphatic rings. The Morgan fingerprint density at radius 2 is 2.24 bits per heavy atom. The fourth-order valence-corrected chi connectivity index (χ4v) is 2.35. The molecular formula is C13H25N3S. The van der Waals surface area contributed by atoms with E-state index in [9.17, 15) is 0 Å². The third-order valence-corrected chi connectivity index (χ3v) is 4.14. The molecule has 0 aliphatic carbocycles. The van der Waals surface area contributed by atoms with Crippen LogP contribution in [0.1, 0.15) is 39.3 Å². The van der Waals surface area contributed by atoms with Gasteiger partial charge in [0.15, 0.2) is 0 Å². The normalized spacial score (nSPS) is 15.5. The number of nitrogens with two attached hydrogens (primary N) is 1. The minimum absolute atomic E-state index is 0.0773. The van der Waals surface area contributed by atoms with Crippen LogP contribution in [-0.4, -0.2) is 29.0 Å². The second-order valence-electron chi connectivity index (χ2n) is 5.47. The van der Waals surface area contributed by atoms with E-state index < -0.39 is 0 Å². The zero-order chi connectivity index (χ0) is 12.9. The molecule has 1 atom stereocenters. The average Bonchev–Trinajstić information content (AvgIpc) is 2.78.